The summed E-state index contributed by atoms with van der Waals surface area (Å²) in [6, 6.07) is 0. The second kappa shape index (κ2) is 5.77. The van der Waals surface area contributed by atoms with E-state index in [0.29, 0.717) is 0 Å². The molecule has 1 saturated heterocycles. The smallest absolute Gasteiger partial charge is 0.377 e. The Morgan fingerprint density at radius 3 is 2.42 bits per heavy atom. The van der Waals surface area contributed by atoms with Gasteiger partial charge in [0.05, 0.1) is 6.61 Å². The van der Waals surface area contributed by atoms with Gasteiger partial charge < -0.3 is 19.7 Å². The van der Waals surface area contributed by atoms with Crippen LogP contribution in [0.1, 0.15) is 12.8 Å². The van der Waals surface area contributed by atoms with Gasteiger partial charge in [0, 0.05) is 12.8 Å². The SMILES string of the molecule is C=CCC1(CC=C)OCC(C(O)C(F)(F)C(=O)O)O1. The Balaban J connectivity index is 2.81. The highest BCUT2D eigenvalue weighted by Gasteiger charge is 2.55. The number of hydrogen-bond acceptors (Lipinski definition) is 4. The zero-order chi connectivity index (χ0) is 14.7. The van der Waals surface area contributed by atoms with Crippen LogP contribution in [0.25, 0.3) is 0 Å². The molecule has 19 heavy (non-hydrogen) atoms. The van der Waals surface area contributed by atoms with Gasteiger partial charge in [0.2, 0.25) is 0 Å². The Bertz CT molecular complexity index is 359. The molecule has 0 aromatic rings. The van der Waals surface area contributed by atoms with E-state index in [9.17, 15) is 18.7 Å². The third-order valence-corrected chi connectivity index (χ3v) is 2.80. The summed E-state index contributed by atoms with van der Waals surface area (Å²) in [5.41, 5.74) is 0. The largest absolute Gasteiger partial charge is 0.477 e. The quantitative estimate of drug-likeness (QED) is 0.687. The first-order chi connectivity index (χ1) is 8.79. The highest BCUT2D eigenvalue weighted by atomic mass is 19.3. The molecular weight excluding hydrogens is 262 g/mol. The van der Waals surface area contributed by atoms with Crippen LogP contribution in [0.15, 0.2) is 25.3 Å². The summed E-state index contributed by atoms with van der Waals surface area (Å²) < 4.78 is 36.9. The van der Waals surface area contributed by atoms with Gasteiger partial charge in [-0.2, -0.15) is 8.78 Å². The Morgan fingerprint density at radius 2 is 2.00 bits per heavy atom. The van der Waals surface area contributed by atoms with E-state index in [1.807, 2.05) is 0 Å². The summed E-state index contributed by atoms with van der Waals surface area (Å²) in [7, 11) is 0. The minimum atomic E-state index is -4.30. The molecule has 2 unspecified atom stereocenters. The van der Waals surface area contributed by atoms with Crippen molar-refractivity contribution in [2.45, 2.75) is 36.8 Å². The van der Waals surface area contributed by atoms with E-state index in [2.05, 4.69) is 13.2 Å². The van der Waals surface area contributed by atoms with Crippen LogP contribution in [0.5, 0.6) is 0 Å². The number of carbonyl (C=O) groups is 1. The lowest BCUT2D eigenvalue weighted by molar-refractivity contribution is -0.212. The molecule has 108 valence electrons. The van der Waals surface area contributed by atoms with Crippen molar-refractivity contribution in [3.8, 4) is 0 Å². The van der Waals surface area contributed by atoms with Crippen molar-refractivity contribution in [1.82, 2.24) is 0 Å². The van der Waals surface area contributed by atoms with Crippen molar-refractivity contribution in [2.24, 2.45) is 0 Å². The number of aliphatic hydroxyl groups is 1. The lowest BCUT2D eigenvalue weighted by Gasteiger charge is -2.27. The molecule has 2 N–H and O–H groups in total. The van der Waals surface area contributed by atoms with E-state index < -0.39 is 29.9 Å². The van der Waals surface area contributed by atoms with Gasteiger partial charge in [0.1, 0.15) is 6.10 Å². The Hall–Kier alpha value is -1.31. The fraction of sp³-hybridized carbons (Fsp3) is 0.583. The van der Waals surface area contributed by atoms with Crippen molar-refractivity contribution in [2.75, 3.05) is 6.61 Å². The van der Waals surface area contributed by atoms with Gasteiger partial charge in [0.15, 0.2) is 11.9 Å². The summed E-state index contributed by atoms with van der Waals surface area (Å²) in [6.07, 6.45) is -0.532. The molecule has 0 aromatic heterocycles. The summed E-state index contributed by atoms with van der Waals surface area (Å²) in [4.78, 5) is 10.4. The minimum absolute atomic E-state index is 0.209. The number of hydrogen-bond donors (Lipinski definition) is 2. The number of carboxylic acid groups (broad SMARTS) is 1. The highest BCUT2D eigenvalue weighted by Crippen LogP contribution is 2.35. The highest BCUT2D eigenvalue weighted by molar-refractivity contribution is 5.76. The lowest BCUT2D eigenvalue weighted by atomic mass is 10.1. The van der Waals surface area contributed by atoms with Crippen LogP contribution in [0, 0.1) is 0 Å². The number of alkyl halides is 2. The van der Waals surface area contributed by atoms with Crippen LogP contribution in [0.4, 0.5) is 8.78 Å². The van der Waals surface area contributed by atoms with E-state index in [-0.39, 0.29) is 19.4 Å². The van der Waals surface area contributed by atoms with Crippen LogP contribution in [-0.4, -0.2) is 46.7 Å². The van der Waals surface area contributed by atoms with Crippen molar-refractivity contribution in [1.29, 1.82) is 0 Å². The maximum atomic E-state index is 13.2. The van der Waals surface area contributed by atoms with Gasteiger partial charge in [-0.3, -0.25) is 0 Å². The number of aliphatic hydroxyl groups excluding tert-OH is 1. The van der Waals surface area contributed by atoms with E-state index in [4.69, 9.17) is 14.6 Å². The van der Waals surface area contributed by atoms with Crippen LogP contribution in [0.3, 0.4) is 0 Å². The molecule has 0 bridgehead atoms. The van der Waals surface area contributed by atoms with E-state index >= 15 is 0 Å². The van der Waals surface area contributed by atoms with Gasteiger partial charge in [0.25, 0.3) is 0 Å². The van der Waals surface area contributed by atoms with Gasteiger partial charge in [-0.15, -0.1) is 13.2 Å². The van der Waals surface area contributed by atoms with Crippen LogP contribution < -0.4 is 0 Å². The number of rotatable bonds is 7. The topological polar surface area (TPSA) is 76.0 Å². The second-order valence-corrected chi connectivity index (χ2v) is 4.24. The predicted molar refractivity (Wildman–Crippen MR) is 61.8 cm³/mol. The molecule has 0 saturated carbocycles. The molecule has 7 heteroatoms. The van der Waals surface area contributed by atoms with E-state index in [1.165, 1.54) is 12.2 Å². The Morgan fingerprint density at radius 1 is 1.47 bits per heavy atom. The molecule has 1 heterocycles. The zero-order valence-electron chi connectivity index (χ0n) is 10.2. The van der Waals surface area contributed by atoms with Crippen LogP contribution in [-0.2, 0) is 14.3 Å². The standard InChI is InChI=1S/C12H16F2O5/c1-3-5-11(6-4-2)18-7-8(19-11)9(15)12(13,14)10(16)17/h3-4,8-9,15H,1-2,5-7H2,(H,16,17). The number of ether oxygens (including phenoxy) is 2. The van der Waals surface area contributed by atoms with Gasteiger partial charge >= 0.3 is 11.9 Å². The molecule has 2 atom stereocenters. The fourth-order valence-electron chi connectivity index (χ4n) is 1.83. The molecule has 0 amide bonds. The summed E-state index contributed by atoms with van der Waals surface area (Å²) in [5.74, 6) is -7.93. The first-order valence-corrected chi connectivity index (χ1v) is 5.62. The summed E-state index contributed by atoms with van der Waals surface area (Å²) >= 11 is 0. The van der Waals surface area contributed by atoms with Crippen molar-refractivity contribution in [3.63, 3.8) is 0 Å². The molecule has 0 aromatic carbocycles. The van der Waals surface area contributed by atoms with Crippen LogP contribution in [0.2, 0.25) is 0 Å². The minimum Gasteiger partial charge on any atom is -0.477 e. The molecule has 1 aliphatic heterocycles. The molecule has 1 aliphatic rings. The molecule has 1 fully saturated rings. The maximum absolute atomic E-state index is 13.2. The van der Waals surface area contributed by atoms with Gasteiger partial charge in [-0.25, -0.2) is 4.79 Å². The third kappa shape index (κ3) is 3.17. The predicted octanol–water partition coefficient (Wildman–Crippen LogP) is 1.33. The average molecular weight is 278 g/mol. The molecule has 0 spiro atoms. The van der Waals surface area contributed by atoms with Crippen molar-refractivity contribution < 1.29 is 33.3 Å². The van der Waals surface area contributed by atoms with E-state index in [1.54, 1.807) is 0 Å². The molecule has 0 aliphatic carbocycles. The number of halogens is 2. The molecule has 5 nitrogen and oxygen atoms in total. The molecule has 0 radical (unpaired) electrons. The van der Waals surface area contributed by atoms with Crippen molar-refractivity contribution in [3.05, 3.63) is 25.3 Å². The van der Waals surface area contributed by atoms with Crippen LogP contribution >= 0.6 is 0 Å². The summed E-state index contributed by atoms with van der Waals surface area (Å²) in [6.45, 7) is 6.67. The maximum Gasteiger partial charge on any atom is 0.377 e. The molecule has 1 rings (SSSR count). The first kappa shape index (κ1) is 15.7. The van der Waals surface area contributed by atoms with E-state index in [0.717, 1.165) is 0 Å². The monoisotopic (exact) mass is 278 g/mol. The molecular formula is C12H16F2O5. The normalized spacial score (nSPS) is 23.8. The van der Waals surface area contributed by atoms with Gasteiger partial charge in [-0.1, -0.05) is 12.2 Å². The number of aliphatic carboxylic acids is 1. The average Bonchev–Trinajstić information content (AvgIpc) is 2.73. The fourth-order valence-corrected chi connectivity index (χ4v) is 1.83. The first-order valence-electron chi connectivity index (χ1n) is 5.62. The Labute approximate surface area is 109 Å². The number of carboxylic acids is 1. The second-order valence-electron chi connectivity index (χ2n) is 4.24. The Kier molecular flexibility index (Phi) is 4.78. The van der Waals surface area contributed by atoms with Crippen molar-refractivity contribution >= 4 is 5.97 Å². The summed E-state index contributed by atoms with van der Waals surface area (Å²) in [5, 5.41) is 17.8. The van der Waals surface area contributed by atoms with Gasteiger partial charge in [-0.05, 0) is 0 Å². The lowest BCUT2D eigenvalue weighted by Crippen LogP contribution is -2.49. The zero-order valence-corrected chi connectivity index (χ0v) is 10.2. The third-order valence-electron chi connectivity index (χ3n) is 2.80.